The Balaban J connectivity index is 2.62. The first-order valence-corrected chi connectivity index (χ1v) is 6.29. The average Bonchev–Trinajstić information content (AvgIpc) is 2.39. The highest BCUT2D eigenvalue weighted by atomic mass is 19.1. The zero-order chi connectivity index (χ0) is 14.3. The van der Waals surface area contributed by atoms with Crippen LogP contribution in [0.4, 0.5) is 4.39 Å². The number of amides is 1. The molecule has 0 saturated heterocycles. The van der Waals surface area contributed by atoms with Crippen LogP contribution in [-0.4, -0.2) is 38.6 Å². The van der Waals surface area contributed by atoms with Gasteiger partial charge in [0.1, 0.15) is 11.6 Å². The SMILES string of the molecule is CNCCCC(=O)N(C)Cc1cc(F)ccc1OC. The molecule has 0 heterocycles. The molecule has 106 valence electrons. The minimum atomic E-state index is -0.327. The second kappa shape index (κ2) is 7.74. The number of nitrogens with zero attached hydrogens (tertiary/aromatic N) is 1. The molecule has 0 aliphatic heterocycles. The highest BCUT2D eigenvalue weighted by Gasteiger charge is 2.12. The van der Waals surface area contributed by atoms with E-state index >= 15 is 0 Å². The van der Waals surface area contributed by atoms with Crippen LogP contribution in [0.5, 0.6) is 5.75 Å². The number of rotatable bonds is 7. The minimum absolute atomic E-state index is 0.0431. The van der Waals surface area contributed by atoms with Crippen molar-refractivity contribution in [1.29, 1.82) is 0 Å². The lowest BCUT2D eigenvalue weighted by Gasteiger charge is -2.19. The Labute approximate surface area is 113 Å². The fourth-order valence-electron chi connectivity index (χ4n) is 1.82. The maximum Gasteiger partial charge on any atom is 0.222 e. The van der Waals surface area contributed by atoms with Crippen molar-refractivity contribution in [3.8, 4) is 5.75 Å². The van der Waals surface area contributed by atoms with Gasteiger partial charge in [0.15, 0.2) is 0 Å². The Hall–Kier alpha value is -1.62. The van der Waals surface area contributed by atoms with Gasteiger partial charge >= 0.3 is 0 Å². The van der Waals surface area contributed by atoms with Crippen molar-refractivity contribution < 1.29 is 13.9 Å². The Bertz CT molecular complexity index is 424. The van der Waals surface area contributed by atoms with Gasteiger partial charge in [0, 0.05) is 25.6 Å². The molecule has 0 spiro atoms. The number of hydrogen-bond acceptors (Lipinski definition) is 3. The summed E-state index contributed by atoms with van der Waals surface area (Å²) in [6.45, 7) is 1.15. The van der Waals surface area contributed by atoms with Gasteiger partial charge in [-0.05, 0) is 38.2 Å². The van der Waals surface area contributed by atoms with E-state index in [1.165, 1.54) is 19.2 Å². The molecule has 0 saturated carbocycles. The summed E-state index contributed by atoms with van der Waals surface area (Å²) in [5.41, 5.74) is 0.673. The molecule has 1 aromatic carbocycles. The lowest BCUT2D eigenvalue weighted by atomic mass is 10.1. The van der Waals surface area contributed by atoms with Crippen molar-refractivity contribution in [3.05, 3.63) is 29.6 Å². The molecule has 0 aromatic heterocycles. The average molecular weight is 268 g/mol. The van der Waals surface area contributed by atoms with E-state index in [1.807, 2.05) is 7.05 Å². The van der Waals surface area contributed by atoms with Gasteiger partial charge in [-0.15, -0.1) is 0 Å². The van der Waals surface area contributed by atoms with Gasteiger partial charge in [-0.25, -0.2) is 4.39 Å². The summed E-state index contributed by atoms with van der Waals surface area (Å²) in [4.78, 5) is 13.5. The molecule has 1 rings (SSSR count). The lowest BCUT2D eigenvalue weighted by Crippen LogP contribution is -2.27. The van der Waals surface area contributed by atoms with E-state index in [2.05, 4.69) is 5.32 Å². The van der Waals surface area contributed by atoms with Crippen molar-refractivity contribution >= 4 is 5.91 Å². The topological polar surface area (TPSA) is 41.6 Å². The molecule has 0 aliphatic rings. The first-order valence-electron chi connectivity index (χ1n) is 6.29. The van der Waals surface area contributed by atoms with Gasteiger partial charge in [0.05, 0.1) is 7.11 Å². The zero-order valence-electron chi connectivity index (χ0n) is 11.7. The maximum atomic E-state index is 13.2. The molecule has 19 heavy (non-hydrogen) atoms. The molecule has 0 radical (unpaired) electrons. The number of halogens is 1. The van der Waals surface area contributed by atoms with E-state index in [0.717, 1.165) is 13.0 Å². The summed E-state index contributed by atoms with van der Waals surface area (Å²) in [6, 6.07) is 4.32. The smallest absolute Gasteiger partial charge is 0.222 e. The van der Waals surface area contributed by atoms with Crippen molar-refractivity contribution in [1.82, 2.24) is 10.2 Å². The van der Waals surface area contributed by atoms with Crippen LogP contribution in [0.3, 0.4) is 0 Å². The monoisotopic (exact) mass is 268 g/mol. The normalized spacial score (nSPS) is 10.3. The summed E-state index contributed by atoms with van der Waals surface area (Å²) in [5.74, 6) is 0.310. The standard InChI is InChI=1S/C14H21FN2O2/c1-16-8-4-5-14(18)17(2)10-11-9-12(15)6-7-13(11)19-3/h6-7,9,16H,4-5,8,10H2,1-3H3. The minimum Gasteiger partial charge on any atom is -0.496 e. The second-order valence-corrected chi connectivity index (χ2v) is 4.41. The number of methoxy groups -OCH3 is 1. The van der Waals surface area contributed by atoms with Gasteiger partial charge in [-0.2, -0.15) is 0 Å². The first kappa shape index (κ1) is 15.4. The number of ether oxygens (including phenoxy) is 1. The summed E-state index contributed by atoms with van der Waals surface area (Å²) >= 11 is 0. The van der Waals surface area contributed by atoms with E-state index in [9.17, 15) is 9.18 Å². The summed E-state index contributed by atoms with van der Waals surface area (Å²) in [7, 11) is 5.10. The van der Waals surface area contributed by atoms with Gasteiger partial charge in [-0.1, -0.05) is 0 Å². The van der Waals surface area contributed by atoms with E-state index in [-0.39, 0.29) is 11.7 Å². The Morgan fingerprint density at radius 1 is 1.47 bits per heavy atom. The van der Waals surface area contributed by atoms with Crippen LogP contribution in [0.15, 0.2) is 18.2 Å². The third-order valence-electron chi connectivity index (χ3n) is 2.89. The fourth-order valence-corrected chi connectivity index (χ4v) is 1.82. The molecule has 0 fully saturated rings. The zero-order valence-corrected chi connectivity index (χ0v) is 11.7. The van der Waals surface area contributed by atoms with E-state index in [0.29, 0.717) is 24.3 Å². The number of carbonyl (C=O) groups excluding carboxylic acids is 1. The third kappa shape index (κ3) is 4.87. The Morgan fingerprint density at radius 2 is 2.21 bits per heavy atom. The van der Waals surface area contributed by atoms with Crippen LogP contribution in [0.25, 0.3) is 0 Å². The number of benzene rings is 1. The molecule has 0 aliphatic carbocycles. The predicted molar refractivity (Wildman–Crippen MR) is 72.6 cm³/mol. The van der Waals surface area contributed by atoms with Crippen LogP contribution in [-0.2, 0) is 11.3 Å². The molecular weight excluding hydrogens is 247 g/mol. The molecule has 1 aromatic rings. The predicted octanol–water partition coefficient (Wildman–Crippen LogP) is 1.79. The molecule has 0 unspecified atom stereocenters. The highest BCUT2D eigenvalue weighted by Crippen LogP contribution is 2.20. The van der Waals surface area contributed by atoms with Gasteiger partial charge < -0.3 is 15.0 Å². The summed E-state index contributed by atoms with van der Waals surface area (Å²) in [5, 5.41) is 3.00. The number of nitrogens with one attached hydrogen (secondary N) is 1. The van der Waals surface area contributed by atoms with Crippen LogP contribution >= 0.6 is 0 Å². The molecule has 1 amide bonds. The largest absolute Gasteiger partial charge is 0.496 e. The van der Waals surface area contributed by atoms with Crippen LogP contribution in [0, 0.1) is 5.82 Å². The molecule has 1 N–H and O–H groups in total. The van der Waals surface area contributed by atoms with Crippen molar-refractivity contribution in [3.63, 3.8) is 0 Å². The third-order valence-corrected chi connectivity index (χ3v) is 2.89. The van der Waals surface area contributed by atoms with E-state index < -0.39 is 0 Å². The number of carbonyl (C=O) groups is 1. The first-order chi connectivity index (χ1) is 9.08. The van der Waals surface area contributed by atoms with Crippen LogP contribution in [0.1, 0.15) is 18.4 Å². The maximum absolute atomic E-state index is 13.2. The molecule has 0 atom stereocenters. The van der Waals surface area contributed by atoms with Crippen molar-refractivity contribution in [2.24, 2.45) is 0 Å². The second-order valence-electron chi connectivity index (χ2n) is 4.41. The van der Waals surface area contributed by atoms with Gasteiger partial charge in [0.2, 0.25) is 5.91 Å². The fraction of sp³-hybridized carbons (Fsp3) is 0.500. The quantitative estimate of drug-likeness (QED) is 0.767. The van der Waals surface area contributed by atoms with Crippen molar-refractivity contribution in [2.45, 2.75) is 19.4 Å². The van der Waals surface area contributed by atoms with Crippen molar-refractivity contribution in [2.75, 3.05) is 27.7 Å². The lowest BCUT2D eigenvalue weighted by molar-refractivity contribution is -0.130. The Kier molecular flexibility index (Phi) is 6.29. The van der Waals surface area contributed by atoms with Crippen LogP contribution < -0.4 is 10.1 Å². The molecule has 4 nitrogen and oxygen atoms in total. The Morgan fingerprint density at radius 3 is 2.84 bits per heavy atom. The molecule has 0 bridgehead atoms. The van der Waals surface area contributed by atoms with E-state index in [1.54, 1.807) is 18.0 Å². The molecular formula is C14H21FN2O2. The molecule has 5 heteroatoms. The highest BCUT2D eigenvalue weighted by molar-refractivity contribution is 5.75. The van der Waals surface area contributed by atoms with Gasteiger partial charge in [-0.3, -0.25) is 4.79 Å². The number of hydrogen-bond donors (Lipinski definition) is 1. The van der Waals surface area contributed by atoms with E-state index in [4.69, 9.17) is 4.74 Å². The summed E-state index contributed by atoms with van der Waals surface area (Å²) < 4.78 is 18.4. The summed E-state index contributed by atoms with van der Waals surface area (Å²) in [6.07, 6.45) is 1.27. The van der Waals surface area contributed by atoms with Gasteiger partial charge in [0.25, 0.3) is 0 Å². The van der Waals surface area contributed by atoms with Crippen LogP contribution in [0.2, 0.25) is 0 Å².